The van der Waals surface area contributed by atoms with Crippen LogP contribution in [0.1, 0.15) is 29.7 Å². The molecule has 0 heterocycles. The van der Waals surface area contributed by atoms with Gasteiger partial charge in [-0.05, 0) is 54.8 Å². The Hall–Kier alpha value is -1.87. The Morgan fingerprint density at radius 1 is 1.15 bits per heavy atom. The first-order valence-corrected chi connectivity index (χ1v) is 6.76. The van der Waals surface area contributed by atoms with E-state index in [4.69, 9.17) is 4.74 Å². The van der Waals surface area contributed by atoms with Crippen LogP contribution in [0.5, 0.6) is 5.75 Å². The second kappa shape index (κ2) is 6.53. The zero-order chi connectivity index (χ0) is 14.5. The lowest BCUT2D eigenvalue weighted by molar-refractivity contribution is 0.178. The molecule has 0 bridgehead atoms. The first-order chi connectivity index (χ1) is 9.60. The average Bonchev–Trinajstić information content (AvgIpc) is 2.43. The SMILES string of the molecule is CCOc1ccc(C(O)Cc2ccc(F)cc2C)cc1. The minimum absolute atomic E-state index is 0.248. The summed E-state index contributed by atoms with van der Waals surface area (Å²) in [6.45, 7) is 4.40. The normalized spacial score (nSPS) is 12.2. The molecule has 0 saturated carbocycles. The van der Waals surface area contributed by atoms with Gasteiger partial charge in [0, 0.05) is 6.42 Å². The minimum Gasteiger partial charge on any atom is -0.494 e. The van der Waals surface area contributed by atoms with Crippen molar-refractivity contribution in [2.24, 2.45) is 0 Å². The van der Waals surface area contributed by atoms with E-state index in [0.717, 1.165) is 22.4 Å². The van der Waals surface area contributed by atoms with E-state index in [9.17, 15) is 9.50 Å². The first-order valence-electron chi connectivity index (χ1n) is 6.76. The molecule has 3 heteroatoms. The number of ether oxygens (including phenoxy) is 1. The summed E-state index contributed by atoms with van der Waals surface area (Å²) in [7, 11) is 0. The Morgan fingerprint density at radius 2 is 1.85 bits per heavy atom. The van der Waals surface area contributed by atoms with Crippen molar-refractivity contribution in [2.45, 2.75) is 26.4 Å². The third kappa shape index (κ3) is 3.58. The molecular weight excluding hydrogens is 255 g/mol. The average molecular weight is 274 g/mol. The second-order valence-electron chi connectivity index (χ2n) is 4.79. The van der Waals surface area contributed by atoms with Gasteiger partial charge in [-0.2, -0.15) is 0 Å². The fourth-order valence-electron chi connectivity index (χ4n) is 2.17. The molecule has 0 radical (unpaired) electrons. The summed E-state index contributed by atoms with van der Waals surface area (Å²) in [4.78, 5) is 0. The Bertz CT molecular complexity index is 564. The zero-order valence-electron chi connectivity index (χ0n) is 11.8. The van der Waals surface area contributed by atoms with Gasteiger partial charge in [-0.1, -0.05) is 18.2 Å². The van der Waals surface area contributed by atoms with E-state index in [1.807, 2.05) is 38.1 Å². The molecule has 1 unspecified atom stereocenters. The third-order valence-corrected chi connectivity index (χ3v) is 3.29. The molecule has 20 heavy (non-hydrogen) atoms. The molecule has 1 N–H and O–H groups in total. The maximum Gasteiger partial charge on any atom is 0.123 e. The highest BCUT2D eigenvalue weighted by Crippen LogP contribution is 2.23. The third-order valence-electron chi connectivity index (χ3n) is 3.29. The molecule has 1 atom stereocenters. The molecular formula is C17H19FO2. The monoisotopic (exact) mass is 274 g/mol. The van der Waals surface area contributed by atoms with Gasteiger partial charge in [0.05, 0.1) is 12.7 Å². The van der Waals surface area contributed by atoms with Crippen LogP contribution in [0, 0.1) is 12.7 Å². The van der Waals surface area contributed by atoms with E-state index in [-0.39, 0.29) is 5.82 Å². The molecule has 0 aliphatic carbocycles. The second-order valence-corrected chi connectivity index (χ2v) is 4.79. The Balaban J connectivity index is 2.09. The molecule has 2 nitrogen and oxygen atoms in total. The fraction of sp³-hybridized carbons (Fsp3) is 0.294. The van der Waals surface area contributed by atoms with Crippen molar-refractivity contribution in [1.29, 1.82) is 0 Å². The summed E-state index contributed by atoms with van der Waals surface area (Å²) in [5.41, 5.74) is 2.64. The Morgan fingerprint density at radius 3 is 2.45 bits per heavy atom. The molecule has 0 aliphatic heterocycles. The van der Waals surface area contributed by atoms with Gasteiger partial charge in [0.1, 0.15) is 11.6 Å². The molecule has 0 fully saturated rings. The predicted molar refractivity (Wildman–Crippen MR) is 77.4 cm³/mol. The van der Waals surface area contributed by atoms with Crippen LogP contribution in [-0.4, -0.2) is 11.7 Å². The summed E-state index contributed by atoms with van der Waals surface area (Å²) in [5.74, 6) is 0.545. The standard InChI is InChI=1S/C17H19FO2/c1-3-20-16-8-5-13(6-9-16)17(19)11-14-4-7-15(18)10-12(14)2/h4-10,17,19H,3,11H2,1-2H3. The molecule has 0 spiro atoms. The number of aryl methyl sites for hydroxylation is 1. The van der Waals surface area contributed by atoms with Crippen molar-refractivity contribution in [3.05, 3.63) is 65.0 Å². The van der Waals surface area contributed by atoms with E-state index in [1.165, 1.54) is 12.1 Å². The maximum absolute atomic E-state index is 13.0. The molecule has 106 valence electrons. The van der Waals surface area contributed by atoms with Crippen LogP contribution in [0.4, 0.5) is 4.39 Å². The van der Waals surface area contributed by atoms with Crippen LogP contribution in [-0.2, 0) is 6.42 Å². The van der Waals surface area contributed by atoms with Crippen molar-refractivity contribution < 1.29 is 14.2 Å². The first kappa shape index (κ1) is 14.5. The maximum atomic E-state index is 13.0. The molecule has 0 saturated heterocycles. The van der Waals surface area contributed by atoms with Gasteiger partial charge in [-0.25, -0.2) is 4.39 Å². The van der Waals surface area contributed by atoms with E-state index < -0.39 is 6.10 Å². The highest BCUT2D eigenvalue weighted by Gasteiger charge is 2.10. The van der Waals surface area contributed by atoms with Crippen LogP contribution < -0.4 is 4.74 Å². The lowest BCUT2D eigenvalue weighted by Crippen LogP contribution is -2.03. The van der Waals surface area contributed by atoms with Gasteiger partial charge in [0.2, 0.25) is 0 Å². The van der Waals surface area contributed by atoms with Crippen molar-refractivity contribution >= 4 is 0 Å². The fourth-order valence-corrected chi connectivity index (χ4v) is 2.17. The molecule has 2 rings (SSSR count). The summed E-state index contributed by atoms with van der Waals surface area (Å²) < 4.78 is 18.4. The van der Waals surface area contributed by atoms with Crippen LogP contribution in [0.25, 0.3) is 0 Å². The van der Waals surface area contributed by atoms with E-state index in [2.05, 4.69) is 0 Å². The van der Waals surface area contributed by atoms with Crippen molar-refractivity contribution in [3.8, 4) is 5.75 Å². The number of benzene rings is 2. The Labute approximate surface area is 118 Å². The lowest BCUT2D eigenvalue weighted by atomic mass is 9.98. The summed E-state index contributed by atoms with van der Waals surface area (Å²) in [5, 5.41) is 10.3. The molecule has 0 aliphatic rings. The quantitative estimate of drug-likeness (QED) is 0.898. The van der Waals surface area contributed by atoms with Crippen molar-refractivity contribution in [3.63, 3.8) is 0 Å². The lowest BCUT2D eigenvalue weighted by Gasteiger charge is -2.13. The van der Waals surface area contributed by atoms with Crippen LogP contribution in [0.15, 0.2) is 42.5 Å². The summed E-state index contributed by atoms with van der Waals surface area (Å²) in [6, 6.07) is 12.0. The predicted octanol–water partition coefficient (Wildman–Crippen LogP) is 3.81. The molecule has 0 amide bonds. The number of rotatable bonds is 5. The topological polar surface area (TPSA) is 29.5 Å². The van der Waals surface area contributed by atoms with Crippen molar-refractivity contribution in [2.75, 3.05) is 6.61 Å². The van der Waals surface area contributed by atoms with Gasteiger partial charge in [0.25, 0.3) is 0 Å². The highest BCUT2D eigenvalue weighted by molar-refractivity contribution is 5.32. The van der Waals surface area contributed by atoms with Crippen molar-refractivity contribution in [1.82, 2.24) is 0 Å². The van der Waals surface area contributed by atoms with E-state index in [0.29, 0.717) is 13.0 Å². The number of hydrogen-bond acceptors (Lipinski definition) is 2. The van der Waals surface area contributed by atoms with E-state index >= 15 is 0 Å². The molecule has 0 aromatic heterocycles. The summed E-state index contributed by atoms with van der Waals surface area (Å²) in [6.07, 6.45) is -0.130. The Kier molecular flexibility index (Phi) is 4.74. The summed E-state index contributed by atoms with van der Waals surface area (Å²) >= 11 is 0. The minimum atomic E-state index is -0.602. The van der Waals surface area contributed by atoms with E-state index in [1.54, 1.807) is 6.07 Å². The van der Waals surface area contributed by atoms with Gasteiger partial charge < -0.3 is 9.84 Å². The zero-order valence-corrected chi connectivity index (χ0v) is 11.8. The van der Waals surface area contributed by atoms with Gasteiger partial charge in [0.15, 0.2) is 0 Å². The number of hydrogen-bond donors (Lipinski definition) is 1. The highest BCUT2D eigenvalue weighted by atomic mass is 19.1. The van der Waals surface area contributed by atoms with Crippen LogP contribution >= 0.6 is 0 Å². The van der Waals surface area contributed by atoms with Gasteiger partial charge >= 0.3 is 0 Å². The molecule has 2 aromatic carbocycles. The number of aliphatic hydroxyl groups excluding tert-OH is 1. The van der Waals surface area contributed by atoms with Crippen LogP contribution in [0.2, 0.25) is 0 Å². The molecule has 2 aromatic rings. The largest absolute Gasteiger partial charge is 0.494 e. The number of halogens is 1. The van der Waals surface area contributed by atoms with Crippen LogP contribution in [0.3, 0.4) is 0 Å². The van der Waals surface area contributed by atoms with Gasteiger partial charge in [-0.3, -0.25) is 0 Å². The smallest absolute Gasteiger partial charge is 0.123 e. The number of aliphatic hydroxyl groups is 1. The van der Waals surface area contributed by atoms with Gasteiger partial charge in [-0.15, -0.1) is 0 Å².